The summed E-state index contributed by atoms with van der Waals surface area (Å²) in [5, 5.41) is 3.34. The highest BCUT2D eigenvalue weighted by Gasteiger charge is 2.43. The van der Waals surface area contributed by atoms with Crippen LogP contribution in [0.15, 0.2) is 28.7 Å². The van der Waals surface area contributed by atoms with Gasteiger partial charge >= 0.3 is 5.97 Å². The summed E-state index contributed by atoms with van der Waals surface area (Å²) in [5.41, 5.74) is 0.179. The molecule has 1 aromatic carbocycles. The lowest BCUT2D eigenvalue weighted by Crippen LogP contribution is -2.53. The number of carbonyl (C=O) groups is 1. The number of para-hydroxylation sites is 1. The van der Waals surface area contributed by atoms with Crippen molar-refractivity contribution in [2.24, 2.45) is 0 Å². The number of rotatable bonds is 3. The van der Waals surface area contributed by atoms with Gasteiger partial charge in [0.25, 0.3) is 0 Å². The first-order valence-electron chi connectivity index (χ1n) is 6.30. The predicted molar refractivity (Wildman–Crippen MR) is 77.2 cm³/mol. The van der Waals surface area contributed by atoms with Crippen LogP contribution in [-0.2, 0) is 14.3 Å². The smallest absolute Gasteiger partial charge is 0.331 e. The third kappa shape index (κ3) is 3.09. The van der Waals surface area contributed by atoms with E-state index in [1.165, 1.54) is 7.11 Å². The molecule has 1 N–H and O–H groups in total. The second-order valence-electron chi connectivity index (χ2n) is 4.81. The Morgan fingerprint density at radius 1 is 1.53 bits per heavy atom. The maximum atomic E-state index is 12.2. The number of hydrogen-bond donors (Lipinski definition) is 1. The van der Waals surface area contributed by atoms with Gasteiger partial charge in [0.05, 0.1) is 13.2 Å². The molecular weight excluding hydrogens is 310 g/mol. The zero-order valence-electron chi connectivity index (χ0n) is 11.1. The molecule has 0 amide bonds. The Morgan fingerprint density at radius 2 is 2.26 bits per heavy atom. The Morgan fingerprint density at radius 3 is 2.89 bits per heavy atom. The second-order valence-corrected chi connectivity index (χ2v) is 5.67. The highest BCUT2D eigenvalue weighted by molar-refractivity contribution is 9.10. The van der Waals surface area contributed by atoms with Crippen LogP contribution in [0, 0.1) is 0 Å². The summed E-state index contributed by atoms with van der Waals surface area (Å²) >= 11 is 3.49. The fourth-order valence-electron chi connectivity index (χ4n) is 2.45. The highest BCUT2D eigenvalue weighted by atomic mass is 79.9. The van der Waals surface area contributed by atoms with E-state index in [0.29, 0.717) is 19.4 Å². The molecule has 0 saturated carbocycles. The Hall–Kier alpha value is -1.07. The number of halogens is 1. The SMILES string of the molecule is COC(=O)C1(Nc2ccccc2Br)CCOC(C)C1. The van der Waals surface area contributed by atoms with Crippen molar-refractivity contribution in [1.82, 2.24) is 0 Å². The van der Waals surface area contributed by atoms with Gasteiger partial charge in [0.2, 0.25) is 0 Å². The average Bonchev–Trinajstić information content (AvgIpc) is 2.40. The number of carbonyl (C=O) groups excluding carboxylic acids is 1. The van der Waals surface area contributed by atoms with Crippen molar-refractivity contribution < 1.29 is 14.3 Å². The van der Waals surface area contributed by atoms with Crippen LogP contribution in [0.3, 0.4) is 0 Å². The molecule has 4 nitrogen and oxygen atoms in total. The van der Waals surface area contributed by atoms with Gasteiger partial charge in [-0.05, 0) is 35.0 Å². The number of methoxy groups -OCH3 is 1. The zero-order valence-corrected chi connectivity index (χ0v) is 12.7. The van der Waals surface area contributed by atoms with Crippen LogP contribution in [0.4, 0.5) is 5.69 Å². The van der Waals surface area contributed by atoms with Gasteiger partial charge in [-0.2, -0.15) is 0 Å². The average molecular weight is 328 g/mol. The maximum absolute atomic E-state index is 12.2. The van der Waals surface area contributed by atoms with E-state index in [-0.39, 0.29) is 12.1 Å². The van der Waals surface area contributed by atoms with E-state index in [1.54, 1.807) is 0 Å². The molecule has 2 atom stereocenters. The van der Waals surface area contributed by atoms with Gasteiger partial charge in [0, 0.05) is 29.6 Å². The molecule has 1 heterocycles. The first-order valence-corrected chi connectivity index (χ1v) is 7.09. The summed E-state index contributed by atoms with van der Waals surface area (Å²) in [5.74, 6) is -0.238. The van der Waals surface area contributed by atoms with Gasteiger partial charge in [0.1, 0.15) is 5.54 Å². The summed E-state index contributed by atoms with van der Waals surface area (Å²) in [4.78, 5) is 12.2. The van der Waals surface area contributed by atoms with E-state index in [2.05, 4.69) is 21.2 Å². The monoisotopic (exact) mass is 327 g/mol. The van der Waals surface area contributed by atoms with Crippen LogP contribution in [0.25, 0.3) is 0 Å². The molecule has 1 fully saturated rings. The minimum atomic E-state index is -0.712. The lowest BCUT2D eigenvalue weighted by Gasteiger charge is -2.39. The number of ether oxygens (including phenoxy) is 2. The molecule has 104 valence electrons. The Kier molecular flexibility index (Phi) is 4.47. The molecule has 5 heteroatoms. The molecule has 2 rings (SSSR count). The molecule has 19 heavy (non-hydrogen) atoms. The molecular formula is C14H18BrNO3. The van der Waals surface area contributed by atoms with Crippen molar-refractivity contribution in [3.05, 3.63) is 28.7 Å². The largest absolute Gasteiger partial charge is 0.467 e. The molecule has 1 aliphatic heterocycles. The lowest BCUT2D eigenvalue weighted by molar-refractivity contribution is -0.151. The van der Waals surface area contributed by atoms with Gasteiger partial charge in [-0.15, -0.1) is 0 Å². The van der Waals surface area contributed by atoms with E-state index in [9.17, 15) is 4.79 Å². The number of nitrogens with one attached hydrogen (secondary N) is 1. The third-order valence-electron chi connectivity index (χ3n) is 3.39. The fourth-order valence-corrected chi connectivity index (χ4v) is 2.84. The first kappa shape index (κ1) is 14.3. The number of hydrogen-bond acceptors (Lipinski definition) is 4. The molecule has 0 spiro atoms. The van der Waals surface area contributed by atoms with Crippen molar-refractivity contribution in [3.8, 4) is 0 Å². The second kappa shape index (κ2) is 5.92. The van der Waals surface area contributed by atoms with Crippen molar-refractivity contribution in [3.63, 3.8) is 0 Å². The van der Waals surface area contributed by atoms with Gasteiger partial charge in [0.15, 0.2) is 0 Å². The number of benzene rings is 1. The summed E-state index contributed by atoms with van der Waals surface area (Å²) in [7, 11) is 1.42. The molecule has 1 saturated heterocycles. The summed E-state index contributed by atoms with van der Waals surface area (Å²) < 4.78 is 11.4. The third-order valence-corrected chi connectivity index (χ3v) is 4.08. The molecule has 0 aliphatic carbocycles. The quantitative estimate of drug-likeness (QED) is 0.867. The molecule has 0 bridgehead atoms. The van der Waals surface area contributed by atoms with E-state index >= 15 is 0 Å². The number of anilines is 1. The van der Waals surface area contributed by atoms with E-state index < -0.39 is 5.54 Å². The number of esters is 1. The van der Waals surface area contributed by atoms with Crippen LogP contribution in [0.2, 0.25) is 0 Å². The van der Waals surface area contributed by atoms with Crippen LogP contribution in [0.1, 0.15) is 19.8 Å². The molecule has 0 aromatic heterocycles. The standard InChI is InChI=1S/C14H18BrNO3/c1-10-9-14(7-8-19-10,13(17)18-2)16-12-6-4-3-5-11(12)15/h3-6,10,16H,7-9H2,1-2H3. The highest BCUT2D eigenvalue weighted by Crippen LogP contribution is 2.33. The molecule has 2 unspecified atom stereocenters. The molecule has 1 aromatic rings. The normalized spacial score (nSPS) is 26.8. The van der Waals surface area contributed by atoms with Crippen molar-refractivity contribution in [2.45, 2.75) is 31.4 Å². The first-order chi connectivity index (χ1) is 9.07. The van der Waals surface area contributed by atoms with Crippen molar-refractivity contribution in [1.29, 1.82) is 0 Å². The minimum Gasteiger partial charge on any atom is -0.467 e. The zero-order chi connectivity index (χ0) is 13.9. The van der Waals surface area contributed by atoms with E-state index in [0.717, 1.165) is 10.2 Å². The van der Waals surface area contributed by atoms with E-state index in [1.807, 2.05) is 31.2 Å². The Labute approximate surface area is 121 Å². The predicted octanol–water partition coefficient (Wildman–Crippen LogP) is 2.97. The topological polar surface area (TPSA) is 47.6 Å². The van der Waals surface area contributed by atoms with Crippen LogP contribution in [0.5, 0.6) is 0 Å². The van der Waals surface area contributed by atoms with Crippen LogP contribution >= 0.6 is 15.9 Å². The van der Waals surface area contributed by atoms with Crippen molar-refractivity contribution in [2.75, 3.05) is 19.0 Å². The summed E-state index contributed by atoms with van der Waals surface area (Å²) in [6.45, 7) is 2.52. The fraction of sp³-hybridized carbons (Fsp3) is 0.500. The van der Waals surface area contributed by atoms with Gasteiger partial charge < -0.3 is 14.8 Å². The Bertz CT molecular complexity index is 466. The van der Waals surface area contributed by atoms with Gasteiger partial charge in [-0.25, -0.2) is 4.79 Å². The minimum absolute atomic E-state index is 0.0304. The summed E-state index contributed by atoms with van der Waals surface area (Å²) in [6.07, 6.45) is 1.23. The van der Waals surface area contributed by atoms with Gasteiger partial charge in [-0.1, -0.05) is 12.1 Å². The maximum Gasteiger partial charge on any atom is 0.331 e. The molecule has 0 radical (unpaired) electrons. The summed E-state index contributed by atoms with van der Waals surface area (Å²) in [6, 6.07) is 7.75. The Balaban J connectivity index is 2.28. The van der Waals surface area contributed by atoms with E-state index in [4.69, 9.17) is 9.47 Å². The van der Waals surface area contributed by atoms with Crippen LogP contribution in [-0.4, -0.2) is 31.3 Å². The van der Waals surface area contributed by atoms with Gasteiger partial charge in [-0.3, -0.25) is 0 Å². The van der Waals surface area contributed by atoms with Crippen molar-refractivity contribution >= 4 is 27.6 Å². The lowest BCUT2D eigenvalue weighted by atomic mass is 9.86. The van der Waals surface area contributed by atoms with Crippen LogP contribution < -0.4 is 5.32 Å². The molecule has 1 aliphatic rings.